The molecule has 0 unspecified atom stereocenters. The van der Waals surface area contributed by atoms with Crippen molar-refractivity contribution in [3.05, 3.63) is 23.0 Å². The number of halogens is 1. The minimum atomic E-state index is 0.583. The van der Waals surface area contributed by atoms with E-state index < -0.39 is 0 Å². The molecule has 1 saturated carbocycles. The Balaban J connectivity index is 1.89. The maximum atomic E-state index is 6.04. The summed E-state index contributed by atoms with van der Waals surface area (Å²) in [6, 6.07) is 1.96. The van der Waals surface area contributed by atoms with Gasteiger partial charge >= 0.3 is 0 Å². The number of anilines is 1. The first-order valence-corrected chi connectivity index (χ1v) is 6.70. The van der Waals surface area contributed by atoms with Crippen LogP contribution in [0.4, 0.5) is 5.69 Å². The molecule has 0 amide bonds. The van der Waals surface area contributed by atoms with E-state index in [1.807, 2.05) is 6.07 Å². The Morgan fingerprint density at radius 3 is 2.83 bits per heavy atom. The molecule has 1 aromatic heterocycles. The third-order valence-corrected chi connectivity index (χ3v) is 3.36. The number of hydrogen-bond acceptors (Lipinski definition) is 3. The first-order valence-electron chi connectivity index (χ1n) is 6.33. The summed E-state index contributed by atoms with van der Waals surface area (Å²) >= 11 is 6.04. The summed E-state index contributed by atoms with van der Waals surface area (Å²) in [5.41, 5.74) is 1.88. The molecule has 0 bridgehead atoms. The topological polar surface area (TPSA) is 25.4 Å². The molecule has 18 heavy (non-hydrogen) atoms. The minimum absolute atomic E-state index is 0.583. The number of hydrogen-bond donors (Lipinski definition) is 0. The SMILES string of the molecule is Clc1cnc(C#CC2CC2)c(N2CCOCC2)c1. The van der Waals surface area contributed by atoms with Gasteiger partial charge in [-0.25, -0.2) is 4.98 Å². The van der Waals surface area contributed by atoms with Crippen LogP contribution in [0.3, 0.4) is 0 Å². The second-order valence-electron chi connectivity index (χ2n) is 4.66. The smallest absolute Gasteiger partial charge is 0.136 e. The van der Waals surface area contributed by atoms with Gasteiger partial charge in [0.25, 0.3) is 0 Å². The number of nitrogens with zero attached hydrogens (tertiary/aromatic N) is 2. The van der Waals surface area contributed by atoms with Crippen molar-refractivity contribution in [2.45, 2.75) is 12.8 Å². The maximum absolute atomic E-state index is 6.04. The van der Waals surface area contributed by atoms with Crippen LogP contribution in [0.1, 0.15) is 18.5 Å². The quantitative estimate of drug-likeness (QED) is 0.727. The Morgan fingerprint density at radius 2 is 2.11 bits per heavy atom. The van der Waals surface area contributed by atoms with E-state index in [9.17, 15) is 0 Å². The van der Waals surface area contributed by atoms with Crippen LogP contribution < -0.4 is 4.90 Å². The highest BCUT2D eigenvalue weighted by Crippen LogP contribution is 2.28. The van der Waals surface area contributed by atoms with Crippen molar-refractivity contribution in [2.24, 2.45) is 5.92 Å². The predicted molar refractivity (Wildman–Crippen MR) is 71.9 cm³/mol. The summed E-state index contributed by atoms with van der Waals surface area (Å²) in [4.78, 5) is 6.61. The average Bonchev–Trinajstić information content (AvgIpc) is 3.22. The van der Waals surface area contributed by atoms with E-state index in [1.54, 1.807) is 6.20 Å². The summed E-state index contributed by atoms with van der Waals surface area (Å²) in [6.07, 6.45) is 4.13. The van der Waals surface area contributed by atoms with Crippen LogP contribution in [0.25, 0.3) is 0 Å². The third-order valence-electron chi connectivity index (χ3n) is 3.16. The molecule has 1 aliphatic heterocycles. The molecule has 3 rings (SSSR count). The van der Waals surface area contributed by atoms with Gasteiger partial charge in [-0.05, 0) is 24.8 Å². The zero-order valence-electron chi connectivity index (χ0n) is 10.2. The summed E-state index contributed by atoms with van der Waals surface area (Å²) in [5, 5.41) is 0.661. The second-order valence-corrected chi connectivity index (χ2v) is 5.10. The summed E-state index contributed by atoms with van der Waals surface area (Å²) < 4.78 is 5.37. The molecule has 0 spiro atoms. The highest BCUT2D eigenvalue weighted by atomic mass is 35.5. The molecule has 2 fully saturated rings. The molecule has 1 aliphatic carbocycles. The molecule has 0 aromatic carbocycles. The van der Waals surface area contributed by atoms with E-state index in [0.29, 0.717) is 10.9 Å². The first-order chi connectivity index (χ1) is 8.83. The zero-order valence-corrected chi connectivity index (χ0v) is 10.9. The maximum Gasteiger partial charge on any atom is 0.136 e. The Hall–Kier alpha value is -1.24. The highest BCUT2D eigenvalue weighted by Gasteiger charge is 2.19. The van der Waals surface area contributed by atoms with Gasteiger partial charge in [-0.3, -0.25) is 0 Å². The second kappa shape index (κ2) is 5.17. The Bertz CT molecular complexity index is 496. The van der Waals surface area contributed by atoms with Crippen LogP contribution >= 0.6 is 11.6 Å². The van der Waals surface area contributed by atoms with Gasteiger partial charge in [-0.15, -0.1) is 0 Å². The van der Waals surface area contributed by atoms with E-state index in [2.05, 4.69) is 21.7 Å². The average molecular weight is 263 g/mol. The van der Waals surface area contributed by atoms with Crippen molar-refractivity contribution < 1.29 is 4.74 Å². The molecule has 3 nitrogen and oxygen atoms in total. The van der Waals surface area contributed by atoms with Gasteiger partial charge in [0.2, 0.25) is 0 Å². The Labute approximate surface area is 112 Å². The van der Waals surface area contributed by atoms with E-state index in [-0.39, 0.29) is 0 Å². The molecule has 4 heteroatoms. The number of rotatable bonds is 1. The molecule has 0 radical (unpaired) electrons. The Morgan fingerprint density at radius 1 is 1.33 bits per heavy atom. The molecule has 2 heterocycles. The molecule has 0 N–H and O–H groups in total. The van der Waals surface area contributed by atoms with E-state index in [0.717, 1.165) is 37.7 Å². The van der Waals surface area contributed by atoms with Crippen molar-refractivity contribution in [3.63, 3.8) is 0 Å². The highest BCUT2D eigenvalue weighted by molar-refractivity contribution is 6.30. The minimum Gasteiger partial charge on any atom is -0.378 e. The lowest BCUT2D eigenvalue weighted by Crippen LogP contribution is -2.36. The van der Waals surface area contributed by atoms with E-state index >= 15 is 0 Å². The largest absolute Gasteiger partial charge is 0.378 e. The molecular weight excluding hydrogens is 248 g/mol. The summed E-state index contributed by atoms with van der Waals surface area (Å²) in [6.45, 7) is 3.25. The monoisotopic (exact) mass is 262 g/mol. The Kier molecular flexibility index (Phi) is 3.40. The fraction of sp³-hybridized carbons (Fsp3) is 0.500. The molecule has 1 saturated heterocycles. The van der Waals surface area contributed by atoms with Gasteiger partial charge < -0.3 is 9.64 Å². The van der Waals surface area contributed by atoms with Gasteiger partial charge in [0.05, 0.1) is 23.9 Å². The van der Waals surface area contributed by atoms with Gasteiger partial charge in [-0.2, -0.15) is 0 Å². The van der Waals surface area contributed by atoms with Crippen molar-refractivity contribution >= 4 is 17.3 Å². The van der Waals surface area contributed by atoms with Crippen LogP contribution in [0.15, 0.2) is 12.3 Å². The molecular formula is C14H15ClN2O. The van der Waals surface area contributed by atoms with Crippen molar-refractivity contribution in [1.82, 2.24) is 4.98 Å². The van der Waals surface area contributed by atoms with Crippen LogP contribution in [-0.2, 0) is 4.74 Å². The molecule has 94 valence electrons. The van der Waals surface area contributed by atoms with Crippen LogP contribution in [0.5, 0.6) is 0 Å². The summed E-state index contributed by atoms with van der Waals surface area (Å²) in [5.74, 6) is 7.04. The fourth-order valence-corrected chi connectivity index (χ4v) is 2.12. The van der Waals surface area contributed by atoms with Gasteiger partial charge in [-0.1, -0.05) is 17.5 Å². The van der Waals surface area contributed by atoms with Crippen molar-refractivity contribution in [1.29, 1.82) is 0 Å². The van der Waals surface area contributed by atoms with E-state index in [1.165, 1.54) is 12.8 Å². The van der Waals surface area contributed by atoms with Crippen LogP contribution in [-0.4, -0.2) is 31.3 Å². The third kappa shape index (κ3) is 2.77. The van der Waals surface area contributed by atoms with Gasteiger partial charge in [0.15, 0.2) is 0 Å². The standard InChI is InChI=1S/C14H15ClN2O/c15-12-9-14(17-5-7-18-8-6-17)13(16-10-12)4-3-11-1-2-11/h9-11H,1-2,5-8H2. The fourth-order valence-electron chi connectivity index (χ4n) is 1.97. The first kappa shape index (κ1) is 11.8. The lowest BCUT2D eigenvalue weighted by atomic mass is 10.2. The number of morpholine rings is 1. The van der Waals surface area contributed by atoms with Crippen molar-refractivity contribution in [2.75, 3.05) is 31.2 Å². The molecule has 1 aromatic rings. The van der Waals surface area contributed by atoms with Gasteiger partial charge in [0, 0.05) is 25.2 Å². The van der Waals surface area contributed by atoms with Crippen molar-refractivity contribution in [3.8, 4) is 11.8 Å². The number of ether oxygens (including phenoxy) is 1. The predicted octanol–water partition coefficient (Wildman–Crippen LogP) is 2.33. The molecule has 0 atom stereocenters. The molecule has 2 aliphatic rings. The number of aromatic nitrogens is 1. The van der Waals surface area contributed by atoms with Crippen LogP contribution in [0.2, 0.25) is 5.02 Å². The zero-order chi connectivity index (χ0) is 12.4. The number of pyridine rings is 1. The normalized spacial score (nSPS) is 19.3. The van der Waals surface area contributed by atoms with Crippen LogP contribution in [0, 0.1) is 17.8 Å². The lowest BCUT2D eigenvalue weighted by molar-refractivity contribution is 0.122. The van der Waals surface area contributed by atoms with E-state index in [4.69, 9.17) is 16.3 Å². The lowest BCUT2D eigenvalue weighted by Gasteiger charge is -2.29. The summed E-state index contributed by atoms with van der Waals surface area (Å²) in [7, 11) is 0. The van der Waals surface area contributed by atoms with Gasteiger partial charge in [0.1, 0.15) is 5.69 Å².